The van der Waals surface area contributed by atoms with Crippen molar-refractivity contribution in [3.8, 4) is 0 Å². The van der Waals surface area contributed by atoms with Crippen molar-refractivity contribution in [3.05, 3.63) is 40.5 Å². The minimum Gasteiger partial charge on any atom is -0.326 e. The summed E-state index contributed by atoms with van der Waals surface area (Å²) in [4.78, 5) is 4.43. The lowest BCUT2D eigenvalue weighted by Crippen LogP contribution is -2.01. The number of nitrogens with zero attached hydrogens (tertiary/aromatic N) is 1. The van der Waals surface area contributed by atoms with Crippen molar-refractivity contribution in [3.63, 3.8) is 0 Å². The number of hydrogen-bond acceptors (Lipinski definition) is 2. The Bertz CT molecular complexity index is 480. The normalized spacial score (nSPS) is 10.8. The molecule has 0 spiro atoms. The second-order valence-corrected chi connectivity index (χ2v) is 3.66. The fourth-order valence-corrected chi connectivity index (χ4v) is 1.73. The van der Waals surface area contributed by atoms with E-state index in [2.05, 4.69) is 4.98 Å². The highest BCUT2D eigenvalue weighted by Gasteiger charge is 2.03. The van der Waals surface area contributed by atoms with Crippen molar-refractivity contribution in [2.45, 2.75) is 13.5 Å². The molecule has 0 radical (unpaired) electrons. The molecule has 0 saturated carbocycles. The maximum Gasteiger partial charge on any atom is 0.0891 e. The van der Waals surface area contributed by atoms with E-state index < -0.39 is 0 Å². The fourth-order valence-electron chi connectivity index (χ4n) is 1.50. The summed E-state index contributed by atoms with van der Waals surface area (Å²) in [6.07, 6.45) is 0. The minimum atomic E-state index is 0.515. The molecule has 2 aromatic rings. The smallest absolute Gasteiger partial charge is 0.0891 e. The van der Waals surface area contributed by atoms with Crippen LogP contribution in [-0.4, -0.2) is 4.98 Å². The number of hydrogen-bond donors (Lipinski definition) is 1. The van der Waals surface area contributed by atoms with Gasteiger partial charge in [0.1, 0.15) is 0 Å². The van der Waals surface area contributed by atoms with Crippen LogP contribution >= 0.6 is 11.6 Å². The average Bonchev–Trinajstić information content (AvgIpc) is 2.19. The zero-order chi connectivity index (χ0) is 10.1. The largest absolute Gasteiger partial charge is 0.326 e. The summed E-state index contributed by atoms with van der Waals surface area (Å²) in [6, 6.07) is 7.80. The molecular weight excluding hydrogens is 196 g/mol. The summed E-state index contributed by atoms with van der Waals surface area (Å²) in [5.74, 6) is 0. The first kappa shape index (κ1) is 9.44. The number of pyridine rings is 1. The van der Waals surface area contributed by atoms with Gasteiger partial charge in [0.15, 0.2) is 0 Å². The Labute approximate surface area is 87.7 Å². The first-order valence-electron chi connectivity index (χ1n) is 4.47. The Morgan fingerprint density at radius 2 is 2.21 bits per heavy atom. The van der Waals surface area contributed by atoms with Crippen LogP contribution in [0.4, 0.5) is 0 Å². The summed E-state index contributed by atoms with van der Waals surface area (Å²) in [6.45, 7) is 2.46. The highest BCUT2D eigenvalue weighted by Crippen LogP contribution is 2.23. The molecule has 0 unspecified atom stereocenters. The number of aryl methyl sites for hydroxylation is 1. The Morgan fingerprint density at radius 3 is 2.93 bits per heavy atom. The van der Waals surface area contributed by atoms with Crippen LogP contribution < -0.4 is 5.73 Å². The van der Waals surface area contributed by atoms with Gasteiger partial charge in [0.2, 0.25) is 0 Å². The van der Waals surface area contributed by atoms with Gasteiger partial charge in [0, 0.05) is 17.6 Å². The topological polar surface area (TPSA) is 38.9 Å². The van der Waals surface area contributed by atoms with Crippen molar-refractivity contribution in [1.29, 1.82) is 0 Å². The Kier molecular flexibility index (Phi) is 2.40. The molecule has 2 N–H and O–H groups in total. The summed E-state index contributed by atoms with van der Waals surface area (Å²) >= 11 is 6.03. The van der Waals surface area contributed by atoms with Crippen molar-refractivity contribution in [2.24, 2.45) is 5.73 Å². The molecule has 1 aromatic carbocycles. The fraction of sp³-hybridized carbons (Fsp3) is 0.182. The number of aromatic nitrogens is 1. The summed E-state index contributed by atoms with van der Waals surface area (Å²) < 4.78 is 0. The van der Waals surface area contributed by atoms with Crippen LogP contribution in [0.1, 0.15) is 11.3 Å². The van der Waals surface area contributed by atoms with Gasteiger partial charge >= 0.3 is 0 Å². The number of rotatable bonds is 1. The molecule has 0 atom stereocenters. The van der Waals surface area contributed by atoms with Gasteiger partial charge in [-0.2, -0.15) is 0 Å². The van der Waals surface area contributed by atoms with Crippen LogP contribution in [0.3, 0.4) is 0 Å². The van der Waals surface area contributed by atoms with Gasteiger partial charge in [0.25, 0.3) is 0 Å². The quantitative estimate of drug-likeness (QED) is 0.779. The van der Waals surface area contributed by atoms with Crippen LogP contribution in [0.15, 0.2) is 24.3 Å². The standard InChI is InChI=1S/C11H11ClN2/c1-7-9(6-13)5-8-3-2-4-10(12)11(8)14-7/h2-5H,6,13H2,1H3. The second kappa shape index (κ2) is 3.56. The maximum atomic E-state index is 6.03. The molecule has 1 heterocycles. The maximum absolute atomic E-state index is 6.03. The van der Waals surface area contributed by atoms with E-state index in [0.29, 0.717) is 11.6 Å². The molecule has 3 heteroatoms. The highest BCUT2D eigenvalue weighted by molar-refractivity contribution is 6.35. The number of para-hydroxylation sites is 1. The number of nitrogens with two attached hydrogens (primary N) is 1. The average molecular weight is 207 g/mol. The number of benzene rings is 1. The summed E-state index contributed by atoms with van der Waals surface area (Å²) in [5.41, 5.74) is 8.48. The number of halogens is 1. The predicted octanol–water partition coefficient (Wildman–Crippen LogP) is 2.66. The van der Waals surface area contributed by atoms with Gasteiger partial charge in [-0.05, 0) is 24.6 Å². The third-order valence-corrected chi connectivity index (χ3v) is 2.62. The lowest BCUT2D eigenvalue weighted by molar-refractivity contribution is 1.02. The molecule has 0 saturated heterocycles. The van der Waals surface area contributed by atoms with E-state index in [1.54, 1.807) is 0 Å². The predicted molar refractivity (Wildman–Crippen MR) is 59.4 cm³/mol. The molecule has 0 aliphatic carbocycles. The minimum absolute atomic E-state index is 0.515. The first-order chi connectivity index (χ1) is 6.72. The molecule has 0 aliphatic heterocycles. The molecule has 0 fully saturated rings. The van der Waals surface area contributed by atoms with Gasteiger partial charge in [-0.3, -0.25) is 4.98 Å². The van der Waals surface area contributed by atoms with Crippen molar-refractivity contribution >= 4 is 22.5 Å². The molecule has 0 bridgehead atoms. The van der Waals surface area contributed by atoms with Crippen molar-refractivity contribution < 1.29 is 0 Å². The van der Waals surface area contributed by atoms with Crippen LogP contribution in [0.25, 0.3) is 10.9 Å². The Morgan fingerprint density at radius 1 is 1.43 bits per heavy atom. The zero-order valence-corrected chi connectivity index (χ0v) is 8.67. The van der Waals surface area contributed by atoms with E-state index in [1.807, 2.05) is 31.2 Å². The van der Waals surface area contributed by atoms with Gasteiger partial charge in [-0.15, -0.1) is 0 Å². The molecule has 0 amide bonds. The monoisotopic (exact) mass is 206 g/mol. The zero-order valence-electron chi connectivity index (χ0n) is 7.92. The SMILES string of the molecule is Cc1nc2c(Cl)cccc2cc1CN. The van der Waals surface area contributed by atoms with E-state index >= 15 is 0 Å². The van der Waals surface area contributed by atoms with E-state index in [4.69, 9.17) is 17.3 Å². The molecule has 0 aliphatic rings. The van der Waals surface area contributed by atoms with Gasteiger partial charge in [-0.25, -0.2) is 0 Å². The third kappa shape index (κ3) is 1.47. The molecule has 2 rings (SSSR count). The highest BCUT2D eigenvalue weighted by atomic mass is 35.5. The first-order valence-corrected chi connectivity index (χ1v) is 4.85. The van der Waals surface area contributed by atoms with E-state index in [0.717, 1.165) is 22.2 Å². The van der Waals surface area contributed by atoms with Gasteiger partial charge in [-0.1, -0.05) is 23.7 Å². The summed E-state index contributed by atoms with van der Waals surface area (Å²) in [7, 11) is 0. The second-order valence-electron chi connectivity index (χ2n) is 3.25. The van der Waals surface area contributed by atoms with Crippen LogP contribution in [0.5, 0.6) is 0 Å². The lowest BCUT2D eigenvalue weighted by atomic mass is 10.1. The number of fused-ring (bicyclic) bond motifs is 1. The van der Waals surface area contributed by atoms with Crippen LogP contribution in [0, 0.1) is 6.92 Å². The van der Waals surface area contributed by atoms with Gasteiger partial charge < -0.3 is 5.73 Å². The van der Waals surface area contributed by atoms with Crippen molar-refractivity contribution in [1.82, 2.24) is 4.98 Å². The Balaban J connectivity index is 2.79. The van der Waals surface area contributed by atoms with Crippen LogP contribution in [0.2, 0.25) is 5.02 Å². The molecular formula is C11H11ClN2. The lowest BCUT2D eigenvalue weighted by Gasteiger charge is -2.05. The molecule has 2 nitrogen and oxygen atoms in total. The van der Waals surface area contributed by atoms with Gasteiger partial charge in [0.05, 0.1) is 10.5 Å². The Hall–Kier alpha value is -1.12. The van der Waals surface area contributed by atoms with E-state index in [-0.39, 0.29) is 0 Å². The van der Waals surface area contributed by atoms with E-state index in [1.165, 1.54) is 0 Å². The summed E-state index contributed by atoms with van der Waals surface area (Å²) in [5, 5.41) is 1.73. The molecule has 1 aromatic heterocycles. The molecule has 14 heavy (non-hydrogen) atoms. The van der Waals surface area contributed by atoms with Crippen molar-refractivity contribution in [2.75, 3.05) is 0 Å². The van der Waals surface area contributed by atoms with E-state index in [9.17, 15) is 0 Å². The third-order valence-electron chi connectivity index (χ3n) is 2.31. The molecule has 72 valence electrons. The van der Waals surface area contributed by atoms with Crippen LogP contribution in [-0.2, 0) is 6.54 Å².